The molecule has 0 unspecified atom stereocenters. The molecule has 5 nitrogen and oxygen atoms in total. The highest BCUT2D eigenvalue weighted by Gasteiger charge is 2.12. The molecule has 0 amide bonds. The van der Waals surface area contributed by atoms with Gasteiger partial charge in [0.05, 0.1) is 30.3 Å². The van der Waals surface area contributed by atoms with E-state index in [1.54, 1.807) is 7.11 Å². The number of aryl methyl sites for hydroxylation is 1. The summed E-state index contributed by atoms with van der Waals surface area (Å²) in [5, 5.41) is 8.75. The SMILES string of the molecule is COCCN(CCC#N)Cc1nc2ccccc2n1C. The lowest BCUT2D eigenvalue weighted by molar-refractivity contribution is 0.143. The van der Waals surface area contributed by atoms with Gasteiger partial charge in [-0.15, -0.1) is 0 Å². The smallest absolute Gasteiger partial charge is 0.123 e. The Hall–Kier alpha value is -1.90. The van der Waals surface area contributed by atoms with Crippen molar-refractivity contribution in [2.75, 3.05) is 26.8 Å². The number of rotatable bonds is 7. The Labute approximate surface area is 119 Å². The molecule has 0 aliphatic heterocycles. The Bertz CT molecular complexity index is 599. The number of methoxy groups -OCH3 is 1. The molecule has 0 radical (unpaired) electrons. The van der Waals surface area contributed by atoms with Crippen LogP contribution < -0.4 is 0 Å². The second-order valence-corrected chi connectivity index (χ2v) is 4.75. The van der Waals surface area contributed by atoms with Crippen molar-refractivity contribution in [2.24, 2.45) is 7.05 Å². The van der Waals surface area contributed by atoms with Gasteiger partial charge in [0, 0.05) is 33.7 Å². The molecule has 0 saturated heterocycles. The van der Waals surface area contributed by atoms with Gasteiger partial charge in [0.15, 0.2) is 0 Å². The average molecular weight is 272 g/mol. The third kappa shape index (κ3) is 3.35. The first-order valence-corrected chi connectivity index (χ1v) is 6.75. The van der Waals surface area contributed by atoms with E-state index in [2.05, 4.69) is 26.6 Å². The highest BCUT2D eigenvalue weighted by Crippen LogP contribution is 2.15. The molecule has 0 aliphatic carbocycles. The van der Waals surface area contributed by atoms with Gasteiger partial charge in [0.1, 0.15) is 5.82 Å². The van der Waals surface area contributed by atoms with Gasteiger partial charge in [0.2, 0.25) is 0 Å². The summed E-state index contributed by atoms with van der Waals surface area (Å²) in [6.45, 7) is 2.94. The monoisotopic (exact) mass is 272 g/mol. The maximum atomic E-state index is 8.75. The Morgan fingerprint density at radius 1 is 1.35 bits per heavy atom. The van der Waals surface area contributed by atoms with Gasteiger partial charge in [-0.3, -0.25) is 4.90 Å². The van der Waals surface area contributed by atoms with Crippen molar-refractivity contribution in [1.82, 2.24) is 14.5 Å². The van der Waals surface area contributed by atoms with Gasteiger partial charge in [-0.25, -0.2) is 4.98 Å². The number of fused-ring (bicyclic) bond motifs is 1. The maximum Gasteiger partial charge on any atom is 0.123 e. The summed E-state index contributed by atoms with van der Waals surface area (Å²) >= 11 is 0. The fourth-order valence-corrected chi connectivity index (χ4v) is 2.24. The molecule has 2 rings (SSSR count). The standard InChI is InChI=1S/C15H20N4O/c1-18-14-7-4-3-6-13(14)17-15(18)12-19(9-5-8-16)10-11-20-2/h3-4,6-7H,5,9-12H2,1-2H3. The number of imidazole rings is 1. The summed E-state index contributed by atoms with van der Waals surface area (Å²) in [6.07, 6.45) is 0.521. The molecule has 0 N–H and O–H groups in total. The van der Waals surface area contributed by atoms with Crippen LogP contribution in [0.15, 0.2) is 24.3 Å². The van der Waals surface area contributed by atoms with Crippen molar-refractivity contribution in [1.29, 1.82) is 5.26 Å². The molecule has 106 valence electrons. The normalized spacial score (nSPS) is 11.1. The molecule has 5 heteroatoms. The number of para-hydroxylation sites is 2. The van der Waals surface area contributed by atoms with E-state index in [4.69, 9.17) is 10.00 Å². The van der Waals surface area contributed by atoms with Crippen molar-refractivity contribution < 1.29 is 4.74 Å². The van der Waals surface area contributed by atoms with Crippen LogP contribution in [0.4, 0.5) is 0 Å². The number of benzene rings is 1. The number of nitrogens with zero attached hydrogens (tertiary/aromatic N) is 4. The fourth-order valence-electron chi connectivity index (χ4n) is 2.24. The summed E-state index contributed by atoms with van der Waals surface area (Å²) in [7, 11) is 3.72. The number of nitriles is 1. The third-order valence-electron chi connectivity index (χ3n) is 3.40. The Balaban J connectivity index is 2.14. The van der Waals surface area contributed by atoms with Gasteiger partial charge in [0.25, 0.3) is 0 Å². The zero-order valence-electron chi connectivity index (χ0n) is 12.0. The molecule has 0 bridgehead atoms. The van der Waals surface area contributed by atoms with Gasteiger partial charge in [-0.1, -0.05) is 12.1 Å². The van der Waals surface area contributed by atoms with Crippen LogP contribution >= 0.6 is 0 Å². The highest BCUT2D eigenvalue weighted by molar-refractivity contribution is 5.75. The molecule has 1 aromatic heterocycles. The van der Waals surface area contributed by atoms with Gasteiger partial charge in [-0.2, -0.15) is 5.26 Å². The summed E-state index contributed by atoms with van der Waals surface area (Å²) < 4.78 is 7.24. The quantitative estimate of drug-likeness (QED) is 0.773. The molecule has 2 aromatic rings. The average Bonchev–Trinajstić information content (AvgIpc) is 2.79. The predicted octanol–water partition coefficient (Wildman–Crippen LogP) is 1.94. The second kappa shape index (κ2) is 7.04. The lowest BCUT2D eigenvalue weighted by Gasteiger charge is -2.20. The van der Waals surface area contributed by atoms with Crippen LogP contribution in [0.1, 0.15) is 12.2 Å². The molecule has 0 fully saturated rings. The van der Waals surface area contributed by atoms with Gasteiger partial charge < -0.3 is 9.30 Å². The van der Waals surface area contributed by atoms with Crippen LogP contribution in [0.2, 0.25) is 0 Å². The van der Waals surface area contributed by atoms with E-state index in [0.29, 0.717) is 13.0 Å². The molecule has 0 spiro atoms. The zero-order chi connectivity index (χ0) is 14.4. The van der Waals surface area contributed by atoms with E-state index >= 15 is 0 Å². The first-order chi connectivity index (χ1) is 9.76. The minimum Gasteiger partial charge on any atom is -0.383 e. The van der Waals surface area contributed by atoms with Gasteiger partial charge >= 0.3 is 0 Å². The van der Waals surface area contributed by atoms with Crippen LogP contribution in [0.5, 0.6) is 0 Å². The molecule has 0 aliphatic rings. The molecular formula is C15H20N4O. The van der Waals surface area contributed by atoms with Crippen molar-refractivity contribution in [3.8, 4) is 6.07 Å². The van der Waals surface area contributed by atoms with Crippen LogP contribution in [-0.4, -0.2) is 41.3 Å². The Kier molecular flexibility index (Phi) is 5.10. The van der Waals surface area contributed by atoms with Crippen molar-refractivity contribution in [2.45, 2.75) is 13.0 Å². The first kappa shape index (κ1) is 14.5. The van der Waals surface area contributed by atoms with E-state index in [1.807, 2.05) is 25.2 Å². The Morgan fingerprint density at radius 3 is 2.85 bits per heavy atom. The number of hydrogen-bond donors (Lipinski definition) is 0. The topological polar surface area (TPSA) is 54.1 Å². The summed E-state index contributed by atoms with van der Waals surface area (Å²) in [5.74, 6) is 1.01. The minimum atomic E-state index is 0.521. The van der Waals surface area contributed by atoms with E-state index in [1.165, 1.54) is 0 Å². The van der Waals surface area contributed by atoms with Crippen LogP contribution in [-0.2, 0) is 18.3 Å². The Morgan fingerprint density at radius 2 is 2.15 bits per heavy atom. The van der Waals surface area contributed by atoms with Crippen molar-refractivity contribution >= 4 is 11.0 Å². The van der Waals surface area contributed by atoms with Gasteiger partial charge in [-0.05, 0) is 12.1 Å². The number of aromatic nitrogens is 2. The van der Waals surface area contributed by atoms with Crippen molar-refractivity contribution in [3.05, 3.63) is 30.1 Å². The van der Waals surface area contributed by atoms with Crippen LogP contribution in [0.25, 0.3) is 11.0 Å². The van der Waals surface area contributed by atoms with E-state index in [9.17, 15) is 0 Å². The minimum absolute atomic E-state index is 0.521. The maximum absolute atomic E-state index is 8.75. The summed E-state index contributed by atoms with van der Waals surface area (Å²) in [4.78, 5) is 6.87. The van der Waals surface area contributed by atoms with Crippen LogP contribution in [0, 0.1) is 11.3 Å². The second-order valence-electron chi connectivity index (χ2n) is 4.75. The summed E-state index contributed by atoms with van der Waals surface area (Å²) in [6, 6.07) is 10.3. The van der Waals surface area contributed by atoms with Crippen molar-refractivity contribution in [3.63, 3.8) is 0 Å². The van der Waals surface area contributed by atoms with Crippen LogP contribution in [0.3, 0.4) is 0 Å². The van der Waals surface area contributed by atoms with E-state index < -0.39 is 0 Å². The largest absolute Gasteiger partial charge is 0.383 e. The van der Waals surface area contributed by atoms with E-state index in [-0.39, 0.29) is 0 Å². The zero-order valence-corrected chi connectivity index (χ0v) is 12.0. The van der Waals surface area contributed by atoms with E-state index in [0.717, 1.165) is 36.5 Å². The summed E-state index contributed by atoms with van der Waals surface area (Å²) in [5.41, 5.74) is 2.14. The lowest BCUT2D eigenvalue weighted by Crippen LogP contribution is -2.29. The number of hydrogen-bond acceptors (Lipinski definition) is 4. The number of ether oxygens (including phenoxy) is 1. The molecule has 1 heterocycles. The third-order valence-corrected chi connectivity index (χ3v) is 3.40. The molecule has 0 atom stereocenters. The molecule has 20 heavy (non-hydrogen) atoms. The first-order valence-electron chi connectivity index (χ1n) is 6.75. The molecular weight excluding hydrogens is 252 g/mol. The highest BCUT2D eigenvalue weighted by atomic mass is 16.5. The molecule has 1 aromatic carbocycles. The lowest BCUT2D eigenvalue weighted by atomic mass is 10.3. The molecule has 0 saturated carbocycles. The predicted molar refractivity (Wildman–Crippen MR) is 78.1 cm³/mol. The fraction of sp³-hybridized carbons (Fsp3) is 0.467.